The second-order valence-corrected chi connectivity index (χ2v) is 5.72. The Kier molecular flexibility index (Phi) is 8.91. The third-order valence-corrected chi connectivity index (χ3v) is 3.51. The van der Waals surface area contributed by atoms with E-state index >= 15 is 0 Å². The number of ether oxygens (including phenoxy) is 2. The van der Waals surface area contributed by atoms with E-state index < -0.39 is 0 Å². The summed E-state index contributed by atoms with van der Waals surface area (Å²) in [6.07, 6.45) is 5.07. The van der Waals surface area contributed by atoms with Gasteiger partial charge < -0.3 is 14.8 Å². The maximum atomic E-state index is 5.96. The quantitative estimate of drug-likeness (QED) is 0.661. The molecule has 0 fully saturated rings. The number of hydrogen-bond acceptors (Lipinski definition) is 3. The van der Waals surface area contributed by atoms with Gasteiger partial charge in [-0.15, -0.1) is 0 Å². The van der Waals surface area contributed by atoms with Gasteiger partial charge in [-0.05, 0) is 44.9 Å². The highest BCUT2D eigenvalue weighted by atomic mass is 16.5. The molecular weight excluding hydrogens is 262 g/mol. The van der Waals surface area contributed by atoms with Gasteiger partial charge in [0, 0.05) is 12.6 Å². The zero-order valence-electron chi connectivity index (χ0n) is 14.0. The Morgan fingerprint density at radius 1 is 1.10 bits per heavy atom. The largest absolute Gasteiger partial charge is 0.493 e. The van der Waals surface area contributed by atoms with Gasteiger partial charge in [-0.3, -0.25) is 0 Å². The Balaban J connectivity index is 2.51. The van der Waals surface area contributed by atoms with E-state index in [1.54, 1.807) is 0 Å². The number of hydrogen-bond donors (Lipinski definition) is 1. The SMILES string of the molecule is CCCC(CCC)COc1cccc(O[C@H](C)CNC)c1. The van der Waals surface area contributed by atoms with Crippen molar-refractivity contribution in [3.63, 3.8) is 0 Å². The van der Waals surface area contributed by atoms with Crippen LogP contribution < -0.4 is 14.8 Å². The lowest BCUT2D eigenvalue weighted by molar-refractivity contribution is 0.213. The highest BCUT2D eigenvalue weighted by Crippen LogP contribution is 2.22. The van der Waals surface area contributed by atoms with Crippen molar-refractivity contribution >= 4 is 0 Å². The first kappa shape index (κ1) is 17.8. The molecule has 0 aliphatic rings. The van der Waals surface area contributed by atoms with E-state index in [9.17, 15) is 0 Å². The van der Waals surface area contributed by atoms with E-state index in [0.717, 1.165) is 24.7 Å². The van der Waals surface area contributed by atoms with Gasteiger partial charge in [0.05, 0.1) is 6.61 Å². The van der Waals surface area contributed by atoms with Crippen molar-refractivity contribution in [2.45, 2.75) is 52.6 Å². The Labute approximate surface area is 130 Å². The van der Waals surface area contributed by atoms with Crippen molar-refractivity contribution in [1.29, 1.82) is 0 Å². The van der Waals surface area contributed by atoms with Gasteiger partial charge in [-0.25, -0.2) is 0 Å². The second kappa shape index (κ2) is 10.5. The molecule has 1 rings (SSSR count). The number of rotatable bonds is 11. The van der Waals surface area contributed by atoms with Crippen LogP contribution in [-0.2, 0) is 0 Å². The molecule has 0 spiro atoms. The molecule has 0 unspecified atom stereocenters. The Morgan fingerprint density at radius 2 is 1.76 bits per heavy atom. The molecule has 0 saturated carbocycles. The molecular formula is C18H31NO2. The highest BCUT2D eigenvalue weighted by Gasteiger charge is 2.09. The number of nitrogens with one attached hydrogen (secondary N) is 1. The summed E-state index contributed by atoms with van der Waals surface area (Å²) >= 11 is 0. The molecule has 3 heteroatoms. The molecule has 120 valence electrons. The Hall–Kier alpha value is -1.22. The topological polar surface area (TPSA) is 30.5 Å². The fourth-order valence-electron chi connectivity index (χ4n) is 2.54. The second-order valence-electron chi connectivity index (χ2n) is 5.72. The van der Waals surface area contributed by atoms with Crippen LogP contribution in [0.2, 0.25) is 0 Å². The average Bonchev–Trinajstić information content (AvgIpc) is 2.46. The molecule has 0 radical (unpaired) electrons. The molecule has 0 saturated heterocycles. The first-order valence-electron chi connectivity index (χ1n) is 8.23. The van der Waals surface area contributed by atoms with Crippen molar-refractivity contribution in [1.82, 2.24) is 5.32 Å². The van der Waals surface area contributed by atoms with Crippen molar-refractivity contribution < 1.29 is 9.47 Å². The van der Waals surface area contributed by atoms with E-state index in [1.807, 2.05) is 31.3 Å². The standard InChI is InChI=1S/C18H31NO2/c1-5-8-16(9-6-2)14-20-17-10-7-11-18(12-17)21-15(3)13-19-4/h7,10-12,15-16,19H,5-6,8-9,13-14H2,1-4H3/t15-/m1/s1. The fraction of sp³-hybridized carbons (Fsp3) is 0.667. The summed E-state index contributed by atoms with van der Waals surface area (Å²) in [5.74, 6) is 2.44. The maximum Gasteiger partial charge on any atom is 0.123 e. The molecule has 0 aliphatic carbocycles. The summed E-state index contributed by atoms with van der Waals surface area (Å²) in [4.78, 5) is 0. The van der Waals surface area contributed by atoms with Crippen molar-refractivity contribution in [3.8, 4) is 11.5 Å². The fourth-order valence-corrected chi connectivity index (χ4v) is 2.54. The van der Waals surface area contributed by atoms with Crippen LogP contribution in [0.3, 0.4) is 0 Å². The third kappa shape index (κ3) is 7.37. The van der Waals surface area contributed by atoms with Crippen LogP contribution in [0.5, 0.6) is 11.5 Å². The first-order chi connectivity index (χ1) is 10.2. The van der Waals surface area contributed by atoms with Crippen LogP contribution in [0.15, 0.2) is 24.3 Å². The predicted molar refractivity (Wildman–Crippen MR) is 89.3 cm³/mol. The van der Waals surface area contributed by atoms with Crippen LogP contribution in [-0.4, -0.2) is 26.3 Å². The molecule has 1 N–H and O–H groups in total. The van der Waals surface area contributed by atoms with Gasteiger partial charge >= 0.3 is 0 Å². The molecule has 1 aromatic rings. The summed E-state index contributed by atoms with van der Waals surface area (Å²) in [6, 6.07) is 7.96. The zero-order chi connectivity index (χ0) is 15.5. The van der Waals surface area contributed by atoms with E-state index in [0.29, 0.717) is 5.92 Å². The Bertz CT molecular complexity index is 375. The Morgan fingerprint density at radius 3 is 2.38 bits per heavy atom. The van der Waals surface area contributed by atoms with Crippen LogP contribution in [0.1, 0.15) is 46.5 Å². The van der Waals surface area contributed by atoms with Gasteiger partial charge in [-0.2, -0.15) is 0 Å². The van der Waals surface area contributed by atoms with Crippen molar-refractivity contribution in [3.05, 3.63) is 24.3 Å². The minimum Gasteiger partial charge on any atom is -0.493 e. The minimum atomic E-state index is 0.151. The molecule has 0 amide bonds. The molecule has 21 heavy (non-hydrogen) atoms. The van der Waals surface area contributed by atoms with Crippen LogP contribution in [0.25, 0.3) is 0 Å². The molecule has 1 atom stereocenters. The molecule has 3 nitrogen and oxygen atoms in total. The van der Waals surface area contributed by atoms with Gasteiger partial charge in [0.15, 0.2) is 0 Å². The van der Waals surface area contributed by atoms with Gasteiger partial charge in [0.2, 0.25) is 0 Å². The first-order valence-corrected chi connectivity index (χ1v) is 8.23. The summed E-state index contributed by atoms with van der Waals surface area (Å²) in [7, 11) is 1.93. The summed E-state index contributed by atoms with van der Waals surface area (Å²) in [5.41, 5.74) is 0. The monoisotopic (exact) mass is 293 g/mol. The van der Waals surface area contributed by atoms with Gasteiger partial charge in [0.1, 0.15) is 17.6 Å². The van der Waals surface area contributed by atoms with Crippen LogP contribution in [0, 0.1) is 5.92 Å². The van der Waals surface area contributed by atoms with E-state index in [-0.39, 0.29) is 6.10 Å². The van der Waals surface area contributed by atoms with Crippen molar-refractivity contribution in [2.24, 2.45) is 5.92 Å². The lowest BCUT2D eigenvalue weighted by atomic mass is 9.99. The maximum absolute atomic E-state index is 5.96. The zero-order valence-corrected chi connectivity index (χ0v) is 14.0. The molecule has 0 bridgehead atoms. The summed E-state index contributed by atoms with van der Waals surface area (Å²) in [6.45, 7) is 8.17. The smallest absolute Gasteiger partial charge is 0.123 e. The van der Waals surface area contributed by atoms with Gasteiger partial charge in [-0.1, -0.05) is 32.8 Å². The number of likely N-dealkylation sites (N-methyl/N-ethyl adjacent to an activating group) is 1. The van der Waals surface area contributed by atoms with Crippen LogP contribution >= 0.6 is 0 Å². The summed E-state index contributed by atoms with van der Waals surface area (Å²) < 4.78 is 11.8. The number of benzene rings is 1. The molecule has 1 aromatic carbocycles. The molecule has 0 aliphatic heterocycles. The minimum absolute atomic E-state index is 0.151. The van der Waals surface area contributed by atoms with Crippen LogP contribution in [0.4, 0.5) is 0 Å². The lowest BCUT2D eigenvalue weighted by Crippen LogP contribution is -2.26. The third-order valence-electron chi connectivity index (χ3n) is 3.51. The molecule has 0 heterocycles. The highest BCUT2D eigenvalue weighted by molar-refractivity contribution is 5.33. The normalized spacial score (nSPS) is 12.4. The van der Waals surface area contributed by atoms with E-state index in [1.165, 1.54) is 25.7 Å². The average molecular weight is 293 g/mol. The van der Waals surface area contributed by atoms with E-state index in [4.69, 9.17) is 9.47 Å². The van der Waals surface area contributed by atoms with Crippen molar-refractivity contribution in [2.75, 3.05) is 20.2 Å². The van der Waals surface area contributed by atoms with Gasteiger partial charge in [0.25, 0.3) is 0 Å². The predicted octanol–water partition coefficient (Wildman–Crippen LogP) is 4.27. The summed E-state index contributed by atoms with van der Waals surface area (Å²) in [5, 5.41) is 3.11. The van der Waals surface area contributed by atoms with E-state index in [2.05, 4.69) is 26.1 Å². The lowest BCUT2D eigenvalue weighted by Gasteiger charge is -2.18. The molecule has 0 aromatic heterocycles.